The normalized spacial score (nSPS) is 14.3. The fourth-order valence-corrected chi connectivity index (χ4v) is 3.99. The second-order valence-corrected chi connectivity index (χ2v) is 7.59. The standard InChI is InChI=1S/C22H20ClN5O2/c23-22-25-19(24)18-20(26-22)28(14-7-4-5-8-14)27-21(18)30-17-12-6-11-16(13-17)29-15-9-2-1-3-10-15/h1-3,6,9-14H,4-5,7-8H2,(H2,24,25,26). The maximum Gasteiger partial charge on any atom is 0.251 e. The van der Waals surface area contributed by atoms with Gasteiger partial charge in [-0.2, -0.15) is 4.98 Å². The summed E-state index contributed by atoms with van der Waals surface area (Å²) < 4.78 is 13.9. The molecule has 2 aromatic carbocycles. The Morgan fingerprint density at radius 2 is 1.60 bits per heavy atom. The summed E-state index contributed by atoms with van der Waals surface area (Å²) in [6.07, 6.45) is 4.40. The Balaban J connectivity index is 1.50. The predicted octanol–water partition coefficient (Wildman–Crippen LogP) is 5.76. The van der Waals surface area contributed by atoms with Crippen LogP contribution in [-0.2, 0) is 0 Å². The number of nitrogens with zero attached hydrogens (tertiary/aromatic N) is 4. The lowest BCUT2D eigenvalue weighted by molar-refractivity contribution is 0.419. The predicted molar refractivity (Wildman–Crippen MR) is 115 cm³/mol. The fraction of sp³-hybridized carbons (Fsp3) is 0.227. The van der Waals surface area contributed by atoms with Crippen LogP contribution >= 0.6 is 11.6 Å². The van der Waals surface area contributed by atoms with Gasteiger partial charge in [0.25, 0.3) is 5.88 Å². The number of anilines is 1. The van der Waals surface area contributed by atoms with Crippen molar-refractivity contribution in [1.82, 2.24) is 19.7 Å². The van der Waals surface area contributed by atoms with E-state index in [1.54, 1.807) is 6.07 Å². The summed E-state index contributed by atoms with van der Waals surface area (Å²) in [6.45, 7) is 0. The number of benzene rings is 2. The summed E-state index contributed by atoms with van der Waals surface area (Å²) in [6, 6.07) is 17.2. The molecule has 8 heteroatoms. The third-order valence-electron chi connectivity index (χ3n) is 5.19. The van der Waals surface area contributed by atoms with Crippen LogP contribution in [0.2, 0.25) is 5.28 Å². The molecule has 2 aromatic heterocycles. The van der Waals surface area contributed by atoms with E-state index in [0.717, 1.165) is 31.4 Å². The molecule has 0 amide bonds. The van der Waals surface area contributed by atoms with Crippen molar-refractivity contribution in [3.05, 3.63) is 59.9 Å². The van der Waals surface area contributed by atoms with Gasteiger partial charge in [-0.3, -0.25) is 0 Å². The molecule has 0 radical (unpaired) electrons. The molecule has 0 saturated heterocycles. The molecule has 0 spiro atoms. The molecule has 4 aromatic rings. The monoisotopic (exact) mass is 421 g/mol. The number of hydrogen-bond donors (Lipinski definition) is 1. The maximum absolute atomic E-state index is 6.16. The lowest BCUT2D eigenvalue weighted by Crippen LogP contribution is -2.08. The molecule has 152 valence electrons. The smallest absolute Gasteiger partial charge is 0.251 e. The summed E-state index contributed by atoms with van der Waals surface area (Å²) in [4.78, 5) is 8.48. The van der Waals surface area contributed by atoms with E-state index in [-0.39, 0.29) is 17.1 Å². The van der Waals surface area contributed by atoms with Gasteiger partial charge in [0.05, 0.1) is 6.04 Å². The minimum atomic E-state index is 0.101. The molecule has 30 heavy (non-hydrogen) atoms. The van der Waals surface area contributed by atoms with Crippen LogP contribution in [-0.4, -0.2) is 19.7 Å². The number of ether oxygens (including phenoxy) is 2. The van der Waals surface area contributed by atoms with Crippen molar-refractivity contribution in [2.45, 2.75) is 31.7 Å². The van der Waals surface area contributed by atoms with Gasteiger partial charge >= 0.3 is 0 Å². The quantitative estimate of drug-likeness (QED) is 0.412. The van der Waals surface area contributed by atoms with Crippen molar-refractivity contribution >= 4 is 28.5 Å². The van der Waals surface area contributed by atoms with E-state index in [9.17, 15) is 0 Å². The van der Waals surface area contributed by atoms with Crippen LogP contribution in [0.4, 0.5) is 5.82 Å². The Labute approximate surface area is 178 Å². The van der Waals surface area contributed by atoms with Gasteiger partial charge in [-0.05, 0) is 48.7 Å². The van der Waals surface area contributed by atoms with E-state index >= 15 is 0 Å². The molecule has 1 fully saturated rings. The zero-order valence-corrected chi connectivity index (χ0v) is 16.9. The second kappa shape index (κ2) is 7.84. The van der Waals surface area contributed by atoms with Gasteiger partial charge in [0, 0.05) is 6.07 Å². The highest BCUT2D eigenvalue weighted by Crippen LogP contribution is 2.38. The Morgan fingerprint density at radius 3 is 2.37 bits per heavy atom. The van der Waals surface area contributed by atoms with Crippen molar-refractivity contribution in [3.63, 3.8) is 0 Å². The van der Waals surface area contributed by atoms with Crippen molar-refractivity contribution in [3.8, 4) is 23.1 Å². The van der Waals surface area contributed by atoms with Crippen LogP contribution in [0.5, 0.6) is 23.1 Å². The van der Waals surface area contributed by atoms with E-state index in [0.29, 0.717) is 28.4 Å². The summed E-state index contributed by atoms with van der Waals surface area (Å²) in [5.41, 5.74) is 6.76. The summed E-state index contributed by atoms with van der Waals surface area (Å²) in [7, 11) is 0. The first-order valence-electron chi connectivity index (χ1n) is 9.89. The van der Waals surface area contributed by atoms with Crippen LogP contribution in [0.15, 0.2) is 54.6 Å². The van der Waals surface area contributed by atoms with Crippen molar-refractivity contribution in [2.75, 3.05) is 5.73 Å². The SMILES string of the molecule is Nc1nc(Cl)nc2c1c(Oc1cccc(Oc3ccccc3)c1)nn2C1CCCC1. The van der Waals surface area contributed by atoms with Gasteiger partial charge in [-0.25, -0.2) is 9.67 Å². The number of hydrogen-bond acceptors (Lipinski definition) is 6. The largest absolute Gasteiger partial charge is 0.457 e. The van der Waals surface area contributed by atoms with Gasteiger partial charge in [0.15, 0.2) is 5.65 Å². The van der Waals surface area contributed by atoms with Crippen LogP contribution in [0.3, 0.4) is 0 Å². The van der Waals surface area contributed by atoms with E-state index in [2.05, 4.69) is 9.97 Å². The molecule has 0 bridgehead atoms. The van der Waals surface area contributed by atoms with Gasteiger partial charge in [-0.1, -0.05) is 37.1 Å². The second-order valence-electron chi connectivity index (χ2n) is 7.26. The number of rotatable bonds is 5. The van der Waals surface area contributed by atoms with Gasteiger partial charge in [-0.15, -0.1) is 5.10 Å². The van der Waals surface area contributed by atoms with E-state index < -0.39 is 0 Å². The first-order valence-corrected chi connectivity index (χ1v) is 10.3. The molecule has 2 N–H and O–H groups in total. The van der Waals surface area contributed by atoms with E-state index in [4.69, 9.17) is 31.9 Å². The minimum absolute atomic E-state index is 0.101. The fourth-order valence-electron chi connectivity index (χ4n) is 3.82. The summed E-state index contributed by atoms with van der Waals surface area (Å²) in [5.74, 6) is 2.60. The number of halogens is 1. The molecule has 7 nitrogen and oxygen atoms in total. The first kappa shape index (κ1) is 18.7. The molecule has 2 heterocycles. The lowest BCUT2D eigenvalue weighted by atomic mass is 10.2. The van der Waals surface area contributed by atoms with Gasteiger partial charge in [0.1, 0.15) is 28.5 Å². The van der Waals surface area contributed by atoms with Crippen molar-refractivity contribution in [1.29, 1.82) is 0 Å². The number of fused-ring (bicyclic) bond motifs is 1. The lowest BCUT2D eigenvalue weighted by Gasteiger charge is -2.10. The minimum Gasteiger partial charge on any atom is -0.457 e. The molecule has 0 atom stereocenters. The third kappa shape index (κ3) is 3.64. The van der Waals surface area contributed by atoms with E-state index in [1.807, 2.05) is 53.2 Å². The highest BCUT2D eigenvalue weighted by molar-refractivity contribution is 6.28. The first-order chi connectivity index (χ1) is 14.7. The average Bonchev–Trinajstić information content (AvgIpc) is 3.37. The topological polar surface area (TPSA) is 88.1 Å². The zero-order chi connectivity index (χ0) is 20.5. The average molecular weight is 422 g/mol. The third-order valence-corrected chi connectivity index (χ3v) is 5.36. The molecule has 0 aliphatic heterocycles. The molecule has 0 unspecified atom stereocenters. The number of aromatic nitrogens is 4. The molecule has 1 saturated carbocycles. The van der Waals surface area contributed by atoms with Crippen LogP contribution in [0.1, 0.15) is 31.7 Å². The van der Waals surface area contributed by atoms with Gasteiger partial charge < -0.3 is 15.2 Å². The highest BCUT2D eigenvalue weighted by Gasteiger charge is 2.25. The summed E-state index contributed by atoms with van der Waals surface area (Å²) >= 11 is 6.07. The van der Waals surface area contributed by atoms with E-state index in [1.165, 1.54) is 0 Å². The number of nitrogens with two attached hydrogens (primary N) is 1. The van der Waals surface area contributed by atoms with Crippen molar-refractivity contribution in [2.24, 2.45) is 0 Å². The summed E-state index contributed by atoms with van der Waals surface area (Å²) in [5, 5.41) is 5.37. The molecule has 1 aliphatic carbocycles. The van der Waals surface area contributed by atoms with Gasteiger partial charge in [0.2, 0.25) is 5.28 Å². The molecular weight excluding hydrogens is 402 g/mol. The Morgan fingerprint density at radius 1 is 0.900 bits per heavy atom. The molecule has 5 rings (SSSR count). The van der Waals surface area contributed by atoms with Crippen LogP contribution < -0.4 is 15.2 Å². The number of nitrogen functional groups attached to an aromatic ring is 1. The number of para-hydroxylation sites is 1. The molecular formula is C22H20ClN5O2. The zero-order valence-electron chi connectivity index (χ0n) is 16.2. The van der Waals surface area contributed by atoms with Crippen LogP contribution in [0.25, 0.3) is 11.0 Å². The Hall–Kier alpha value is -3.32. The Bertz CT molecular complexity index is 1190. The Kier molecular flexibility index (Phi) is 4.88. The highest BCUT2D eigenvalue weighted by atomic mass is 35.5. The van der Waals surface area contributed by atoms with Crippen LogP contribution in [0, 0.1) is 0 Å². The molecule has 1 aliphatic rings. The maximum atomic E-state index is 6.16. The van der Waals surface area contributed by atoms with Crippen molar-refractivity contribution < 1.29 is 9.47 Å².